The lowest BCUT2D eigenvalue weighted by atomic mass is 9.42. The largest absolute Gasteiger partial charge is 0.393 e. The minimum Gasteiger partial charge on any atom is -0.393 e. The van der Waals surface area contributed by atoms with Crippen molar-refractivity contribution in [3.8, 4) is 0 Å². The zero-order valence-electron chi connectivity index (χ0n) is 23.0. The van der Waals surface area contributed by atoms with Crippen LogP contribution in [0.1, 0.15) is 119 Å². The van der Waals surface area contributed by atoms with E-state index in [1.807, 2.05) is 18.3 Å². The molecule has 3 saturated carbocycles. The van der Waals surface area contributed by atoms with E-state index in [0.29, 0.717) is 28.3 Å². The van der Waals surface area contributed by atoms with Gasteiger partial charge in [-0.2, -0.15) is 0 Å². The molecule has 33 heavy (non-hydrogen) atoms. The maximum Gasteiger partial charge on any atom is 0.0625 e. The van der Waals surface area contributed by atoms with E-state index in [1.165, 1.54) is 64.2 Å². The summed E-state index contributed by atoms with van der Waals surface area (Å²) < 4.78 is 6.04. The molecule has 0 radical (unpaired) electrons. The van der Waals surface area contributed by atoms with E-state index in [2.05, 4.69) is 48.5 Å². The summed E-state index contributed by atoms with van der Waals surface area (Å²) in [5.41, 5.74) is 5.18. The highest BCUT2D eigenvalue weighted by Crippen LogP contribution is 2.70. The third-order valence-electron chi connectivity index (χ3n) is 13.0. The van der Waals surface area contributed by atoms with Gasteiger partial charge in [-0.25, -0.2) is 0 Å². The van der Waals surface area contributed by atoms with Gasteiger partial charge in [-0.3, -0.25) is 0 Å². The van der Waals surface area contributed by atoms with Crippen molar-refractivity contribution in [1.29, 1.82) is 0 Å². The normalized spacial score (nSPS) is 51.0. The molecule has 0 heterocycles. The first-order chi connectivity index (χ1) is 15.3. The first-order valence-corrected chi connectivity index (χ1v) is 14.2. The number of rotatable bonds is 1. The molecule has 0 amide bonds. The zero-order valence-corrected chi connectivity index (χ0v) is 23.0. The lowest BCUT2D eigenvalue weighted by molar-refractivity contribution is -0.178. The van der Waals surface area contributed by atoms with Gasteiger partial charge in [-0.15, -0.1) is 0 Å². The van der Waals surface area contributed by atoms with Crippen molar-refractivity contribution in [1.82, 2.24) is 0 Å². The van der Waals surface area contributed by atoms with E-state index in [9.17, 15) is 5.11 Å². The number of fused-ring (bicyclic) bond motifs is 5. The van der Waals surface area contributed by atoms with Crippen LogP contribution >= 0.6 is 0 Å². The van der Waals surface area contributed by atoms with E-state index in [-0.39, 0.29) is 16.9 Å². The fraction of sp³-hybridized carbons (Fsp3) is 0.935. The quantitative estimate of drug-likeness (QED) is 0.406. The van der Waals surface area contributed by atoms with Gasteiger partial charge in [0.05, 0.1) is 12.2 Å². The molecule has 0 aromatic carbocycles. The molecule has 1 unspecified atom stereocenters. The number of hydrogen-bond donors (Lipinski definition) is 1. The average Bonchev–Trinajstić information content (AvgIpc) is 2.88. The van der Waals surface area contributed by atoms with Crippen LogP contribution in [0, 0.1) is 44.8 Å². The topological polar surface area (TPSA) is 29.5 Å². The first-order valence-electron chi connectivity index (χ1n) is 14.2. The predicted octanol–water partition coefficient (Wildman–Crippen LogP) is 7.94. The molecule has 8 atom stereocenters. The summed E-state index contributed by atoms with van der Waals surface area (Å²) in [4.78, 5) is 0. The van der Waals surface area contributed by atoms with Crippen LogP contribution in [0.25, 0.3) is 0 Å². The maximum absolute atomic E-state index is 10.9. The van der Waals surface area contributed by atoms with Crippen LogP contribution in [0.3, 0.4) is 0 Å². The van der Waals surface area contributed by atoms with Crippen LogP contribution in [0.2, 0.25) is 0 Å². The Hall–Kier alpha value is -0.340. The van der Waals surface area contributed by atoms with Crippen LogP contribution in [0.15, 0.2) is 11.1 Å². The summed E-state index contributed by atoms with van der Waals surface area (Å²) in [6, 6.07) is 0. The molecular formula is C31H52O2. The van der Waals surface area contributed by atoms with Crippen molar-refractivity contribution >= 4 is 0 Å². The second-order valence-corrected chi connectivity index (χ2v) is 15.1. The molecule has 0 spiro atoms. The Balaban J connectivity index is 1.49. The predicted molar refractivity (Wildman–Crippen MR) is 137 cm³/mol. The van der Waals surface area contributed by atoms with Gasteiger partial charge in [0.2, 0.25) is 0 Å². The maximum atomic E-state index is 10.9. The van der Waals surface area contributed by atoms with Crippen LogP contribution in [-0.2, 0) is 4.74 Å². The molecule has 0 aromatic heterocycles. The Morgan fingerprint density at radius 3 is 2.12 bits per heavy atom. The standard InChI is InChI=1S/C31H52O2/c1-27(2)22-11-9-20-19-29(5)16-13-23-28(3,4)26(33-8)15-18-31(23,7)24(29)12-10-21(20)30(22,6)17-14-25(27)32/h22-26,32H,9-19H2,1-8H3/t22-,23?,24-,25+,26-,29-,30+,31-/m0/s1. The van der Waals surface area contributed by atoms with Crippen molar-refractivity contribution in [2.75, 3.05) is 7.11 Å². The van der Waals surface area contributed by atoms with Crippen LogP contribution in [0.4, 0.5) is 0 Å². The van der Waals surface area contributed by atoms with Gasteiger partial charge < -0.3 is 9.84 Å². The van der Waals surface area contributed by atoms with Crippen molar-refractivity contribution in [3.05, 3.63) is 11.1 Å². The van der Waals surface area contributed by atoms with Gasteiger partial charge in [0.1, 0.15) is 0 Å². The molecule has 0 aromatic rings. The third-order valence-corrected chi connectivity index (χ3v) is 13.0. The van der Waals surface area contributed by atoms with Crippen molar-refractivity contribution < 1.29 is 9.84 Å². The SMILES string of the molecule is CO[C@H]1CC[C@@]2(C)C(CC[C@@]3(C)CC4=C(CC[C@@H]32)[C@@]2(C)CC[C@@H](O)C(C)(C)[C@@H]2CC4)C1(C)C. The molecular weight excluding hydrogens is 404 g/mol. The molecule has 2 heteroatoms. The smallest absolute Gasteiger partial charge is 0.0625 e. The summed E-state index contributed by atoms with van der Waals surface area (Å²) in [5, 5.41) is 10.9. The number of allylic oxidation sites excluding steroid dienone is 2. The summed E-state index contributed by atoms with van der Waals surface area (Å²) >= 11 is 0. The Bertz CT molecular complexity index is 823. The molecule has 3 fully saturated rings. The Labute approximate surface area is 204 Å². The van der Waals surface area contributed by atoms with Crippen molar-refractivity contribution in [3.63, 3.8) is 0 Å². The monoisotopic (exact) mass is 456 g/mol. The molecule has 0 bridgehead atoms. The van der Waals surface area contributed by atoms with Crippen LogP contribution in [0.5, 0.6) is 0 Å². The second-order valence-electron chi connectivity index (χ2n) is 15.1. The van der Waals surface area contributed by atoms with Crippen LogP contribution < -0.4 is 0 Å². The number of aliphatic hydroxyl groups excluding tert-OH is 1. The van der Waals surface area contributed by atoms with E-state index >= 15 is 0 Å². The van der Waals surface area contributed by atoms with E-state index in [1.54, 1.807) is 0 Å². The fourth-order valence-electron chi connectivity index (χ4n) is 11.3. The van der Waals surface area contributed by atoms with Crippen molar-refractivity contribution in [2.24, 2.45) is 44.8 Å². The molecule has 5 aliphatic rings. The third kappa shape index (κ3) is 3.24. The highest BCUT2D eigenvalue weighted by Gasteiger charge is 2.62. The molecule has 5 aliphatic carbocycles. The molecule has 188 valence electrons. The molecule has 0 saturated heterocycles. The highest BCUT2D eigenvalue weighted by atomic mass is 16.5. The number of aliphatic hydroxyl groups is 1. The van der Waals surface area contributed by atoms with Gasteiger partial charge in [-0.1, -0.05) is 59.6 Å². The van der Waals surface area contributed by atoms with E-state index < -0.39 is 0 Å². The highest BCUT2D eigenvalue weighted by molar-refractivity contribution is 5.32. The van der Waals surface area contributed by atoms with E-state index in [4.69, 9.17) is 4.74 Å². The minimum absolute atomic E-state index is 0.0358. The van der Waals surface area contributed by atoms with Crippen LogP contribution in [-0.4, -0.2) is 24.4 Å². The summed E-state index contributed by atoms with van der Waals surface area (Å²) in [5.74, 6) is 2.21. The minimum atomic E-state index is -0.138. The fourth-order valence-corrected chi connectivity index (χ4v) is 11.3. The summed E-state index contributed by atoms with van der Waals surface area (Å²) in [6.07, 6.45) is 14.3. The van der Waals surface area contributed by atoms with E-state index in [0.717, 1.165) is 18.3 Å². The van der Waals surface area contributed by atoms with Gasteiger partial charge in [-0.05, 0) is 115 Å². The van der Waals surface area contributed by atoms with Gasteiger partial charge in [0.25, 0.3) is 0 Å². The lowest BCUT2D eigenvalue weighted by Crippen LogP contribution is -2.58. The number of methoxy groups -OCH3 is 1. The molecule has 0 aliphatic heterocycles. The molecule has 5 rings (SSSR count). The number of ether oxygens (including phenoxy) is 1. The Kier molecular flexibility index (Phi) is 5.60. The average molecular weight is 457 g/mol. The Morgan fingerprint density at radius 1 is 0.727 bits per heavy atom. The van der Waals surface area contributed by atoms with Gasteiger partial charge in [0, 0.05) is 7.11 Å². The number of hydrogen-bond acceptors (Lipinski definition) is 2. The zero-order chi connectivity index (χ0) is 24.0. The van der Waals surface area contributed by atoms with Gasteiger partial charge >= 0.3 is 0 Å². The van der Waals surface area contributed by atoms with Crippen molar-refractivity contribution in [2.45, 2.75) is 131 Å². The first kappa shape index (κ1) is 24.4. The molecule has 1 N–H and O–H groups in total. The Morgan fingerprint density at radius 2 is 1.42 bits per heavy atom. The lowest BCUT2D eigenvalue weighted by Gasteiger charge is -2.64. The summed E-state index contributed by atoms with van der Waals surface area (Å²) in [7, 11) is 1.94. The second kappa shape index (κ2) is 7.58. The molecule has 2 nitrogen and oxygen atoms in total. The summed E-state index contributed by atoms with van der Waals surface area (Å²) in [6.45, 7) is 17.7. The van der Waals surface area contributed by atoms with Gasteiger partial charge in [0.15, 0.2) is 0 Å².